The molecule has 0 spiro atoms. The lowest BCUT2D eigenvalue weighted by Crippen LogP contribution is -2.50. The van der Waals surface area contributed by atoms with Gasteiger partial charge in [0.2, 0.25) is 11.8 Å². The highest BCUT2D eigenvalue weighted by atomic mass is 16.5. The van der Waals surface area contributed by atoms with Gasteiger partial charge in [0.05, 0.1) is 30.0 Å². The van der Waals surface area contributed by atoms with Gasteiger partial charge in [0.15, 0.2) is 0 Å². The third-order valence-corrected chi connectivity index (χ3v) is 9.38. The fourth-order valence-corrected chi connectivity index (χ4v) is 6.44. The van der Waals surface area contributed by atoms with Crippen LogP contribution in [-0.4, -0.2) is 60.3 Å². The average Bonchev–Trinajstić information content (AvgIpc) is 3.61. The molecule has 2 aromatic carbocycles. The quantitative estimate of drug-likeness (QED) is 0.0569. The van der Waals surface area contributed by atoms with E-state index in [0.717, 1.165) is 36.8 Å². The highest BCUT2D eigenvalue weighted by Gasteiger charge is 2.35. The van der Waals surface area contributed by atoms with E-state index in [1.54, 1.807) is 6.08 Å². The number of benzene rings is 2. The van der Waals surface area contributed by atoms with E-state index >= 15 is 0 Å². The second kappa shape index (κ2) is 23.1. The summed E-state index contributed by atoms with van der Waals surface area (Å²) >= 11 is 0. The summed E-state index contributed by atoms with van der Waals surface area (Å²) in [5.41, 5.74) is 1.31. The van der Waals surface area contributed by atoms with Crippen LogP contribution in [0.3, 0.4) is 0 Å². The standard InChI is InChI=1S/C41H57N3O7/c1-3-5-8-22-35(27-32-18-9-6-10-19-32)39(48)50-30-36(23-13-16-26-42-40(49)51-29-33-20-11-7-12-21-33)43-38(47)34(17-4-2)28-37(46)44-41(31-45)24-14-15-25-41/h3-4,6-7,9-12,18-21,34-36,45H,1-2,5,8,13-17,22-31H2,(H,42,49)(H,43,47)(H,44,46). The van der Waals surface area contributed by atoms with Crippen molar-refractivity contribution in [3.63, 3.8) is 0 Å². The number of alkyl carbamates (subject to hydrolysis) is 1. The maximum atomic E-state index is 13.6. The lowest BCUT2D eigenvalue weighted by atomic mass is 9.94. The predicted molar refractivity (Wildman–Crippen MR) is 198 cm³/mol. The fourth-order valence-electron chi connectivity index (χ4n) is 6.44. The number of rotatable bonds is 24. The first-order chi connectivity index (χ1) is 24.8. The van der Waals surface area contributed by atoms with Gasteiger partial charge in [-0.25, -0.2) is 4.79 Å². The van der Waals surface area contributed by atoms with Crippen molar-refractivity contribution >= 4 is 23.9 Å². The molecule has 2 aromatic rings. The number of allylic oxidation sites excluding steroid dienone is 2. The molecule has 1 aliphatic carbocycles. The number of unbranched alkanes of at least 4 members (excludes halogenated alkanes) is 2. The Morgan fingerprint density at radius 2 is 1.53 bits per heavy atom. The number of hydrogen-bond donors (Lipinski definition) is 4. The van der Waals surface area contributed by atoms with Crippen LogP contribution in [0, 0.1) is 11.8 Å². The lowest BCUT2D eigenvalue weighted by Gasteiger charge is -2.29. The van der Waals surface area contributed by atoms with E-state index in [-0.39, 0.29) is 56.4 Å². The van der Waals surface area contributed by atoms with Crippen LogP contribution in [0.1, 0.15) is 88.2 Å². The van der Waals surface area contributed by atoms with Crippen molar-refractivity contribution in [2.24, 2.45) is 11.8 Å². The zero-order valence-corrected chi connectivity index (χ0v) is 30.0. The van der Waals surface area contributed by atoms with Crippen LogP contribution < -0.4 is 16.0 Å². The summed E-state index contributed by atoms with van der Waals surface area (Å²) in [4.78, 5) is 52.3. The second-order valence-electron chi connectivity index (χ2n) is 13.5. The molecule has 0 bridgehead atoms. The molecule has 0 aliphatic heterocycles. The van der Waals surface area contributed by atoms with E-state index in [1.165, 1.54) is 0 Å². The summed E-state index contributed by atoms with van der Waals surface area (Å²) in [5, 5.41) is 18.7. The SMILES string of the molecule is C=CCCCC(Cc1ccccc1)C(=O)OCC(CCCCNC(=O)OCc1ccccc1)NC(=O)C(CC=C)CC(=O)NC1(CO)CCCC1. The molecule has 10 nitrogen and oxygen atoms in total. The first-order valence-electron chi connectivity index (χ1n) is 18.4. The monoisotopic (exact) mass is 703 g/mol. The minimum atomic E-state index is -0.677. The van der Waals surface area contributed by atoms with E-state index in [2.05, 4.69) is 29.1 Å². The lowest BCUT2D eigenvalue weighted by molar-refractivity contribution is -0.150. The molecule has 3 unspecified atom stereocenters. The van der Waals surface area contributed by atoms with Gasteiger partial charge in [0.1, 0.15) is 13.2 Å². The van der Waals surface area contributed by atoms with Crippen molar-refractivity contribution in [2.75, 3.05) is 19.8 Å². The Morgan fingerprint density at radius 1 is 0.843 bits per heavy atom. The van der Waals surface area contributed by atoms with Gasteiger partial charge in [0, 0.05) is 13.0 Å². The number of aliphatic hydroxyl groups excluding tert-OH is 1. The van der Waals surface area contributed by atoms with Crippen molar-refractivity contribution < 1.29 is 33.8 Å². The van der Waals surface area contributed by atoms with Crippen LogP contribution >= 0.6 is 0 Å². The topological polar surface area (TPSA) is 143 Å². The Morgan fingerprint density at radius 3 is 2.18 bits per heavy atom. The van der Waals surface area contributed by atoms with Gasteiger partial charge in [-0.1, -0.05) is 85.7 Å². The Kier molecular flexibility index (Phi) is 18.6. The molecule has 0 saturated heterocycles. The number of aliphatic hydroxyl groups is 1. The highest BCUT2D eigenvalue weighted by molar-refractivity contribution is 5.86. The molecule has 4 N–H and O–H groups in total. The molecule has 1 aliphatic rings. The molecular weight excluding hydrogens is 646 g/mol. The minimum Gasteiger partial charge on any atom is -0.463 e. The van der Waals surface area contributed by atoms with Crippen LogP contribution in [0.5, 0.6) is 0 Å². The van der Waals surface area contributed by atoms with Gasteiger partial charge < -0.3 is 30.5 Å². The molecule has 0 aromatic heterocycles. The Hall–Kier alpha value is -4.44. The molecule has 0 radical (unpaired) electrons. The maximum Gasteiger partial charge on any atom is 0.407 e. The Labute approximate surface area is 303 Å². The fraction of sp³-hybridized carbons (Fsp3) is 0.512. The summed E-state index contributed by atoms with van der Waals surface area (Å²) in [6.07, 6.45) is 11.0. The van der Waals surface area contributed by atoms with Gasteiger partial charge in [-0.3, -0.25) is 14.4 Å². The van der Waals surface area contributed by atoms with Gasteiger partial charge >= 0.3 is 12.1 Å². The Bertz CT molecular complexity index is 1360. The normalized spacial score (nSPS) is 15.1. The molecule has 51 heavy (non-hydrogen) atoms. The van der Waals surface area contributed by atoms with Crippen LogP contribution in [-0.2, 0) is 36.9 Å². The summed E-state index contributed by atoms with van der Waals surface area (Å²) in [6.45, 7) is 7.98. The van der Waals surface area contributed by atoms with Crippen LogP contribution in [0.2, 0.25) is 0 Å². The number of carbonyl (C=O) groups is 4. The molecular formula is C41H57N3O7. The molecule has 10 heteroatoms. The van der Waals surface area contributed by atoms with Crippen molar-refractivity contribution in [1.29, 1.82) is 0 Å². The Balaban J connectivity index is 1.60. The van der Waals surface area contributed by atoms with E-state index < -0.39 is 23.6 Å². The molecule has 278 valence electrons. The maximum absolute atomic E-state index is 13.6. The minimum absolute atomic E-state index is 0.0233. The largest absolute Gasteiger partial charge is 0.463 e. The summed E-state index contributed by atoms with van der Waals surface area (Å²) in [5.74, 6) is -1.96. The van der Waals surface area contributed by atoms with E-state index in [0.29, 0.717) is 51.5 Å². The molecule has 0 heterocycles. The van der Waals surface area contributed by atoms with E-state index in [1.807, 2.05) is 66.7 Å². The van der Waals surface area contributed by atoms with Crippen LogP contribution in [0.25, 0.3) is 0 Å². The van der Waals surface area contributed by atoms with Gasteiger partial charge in [-0.15, -0.1) is 13.2 Å². The summed E-state index contributed by atoms with van der Waals surface area (Å²) in [7, 11) is 0. The summed E-state index contributed by atoms with van der Waals surface area (Å²) in [6, 6.07) is 18.7. The second-order valence-corrected chi connectivity index (χ2v) is 13.5. The first kappa shape index (κ1) is 41.0. The number of ether oxygens (including phenoxy) is 2. The van der Waals surface area contributed by atoms with Crippen LogP contribution in [0.4, 0.5) is 4.79 Å². The predicted octanol–water partition coefficient (Wildman–Crippen LogP) is 6.33. The molecule has 3 rings (SSSR count). The van der Waals surface area contributed by atoms with Crippen molar-refractivity contribution in [3.8, 4) is 0 Å². The highest BCUT2D eigenvalue weighted by Crippen LogP contribution is 2.29. The van der Waals surface area contributed by atoms with Gasteiger partial charge in [-0.2, -0.15) is 0 Å². The molecule has 1 saturated carbocycles. The number of amides is 3. The molecule has 3 amide bonds. The zero-order chi connectivity index (χ0) is 36.7. The van der Waals surface area contributed by atoms with Crippen molar-refractivity contribution in [1.82, 2.24) is 16.0 Å². The zero-order valence-electron chi connectivity index (χ0n) is 30.0. The third kappa shape index (κ3) is 15.6. The smallest absolute Gasteiger partial charge is 0.407 e. The van der Waals surface area contributed by atoms with Crippen LogP contribution in [0.15, 0.2) is 86.0 Å². The van der Waals surface area contributed by atoms with Crippen molar-refractivity contribution in [2.45, 2.75) is 102 Å². The number of hydrogen-bond acceptors (Lipinski definition) is 7. The van der Waals surface area contributed by atoms with E-state index in [4.69, 9.17) is 9.47 Å². The number of nitrogens with one attached hydrogen (secondary N) is 3. The average molecular weight is 704 g/mol. The number of carbonyl (C=O) groups excluding carboxylic acids is 4. The van der Waals surface area contributed by atoms with Gasteiger partial charge in [-0.05, 0) is 75.3 Å². The molecule has 1 fully saturated rings. The molecule has 3 atom stereocenters. The van der Waals surface area contributed by atoms with Crippen molar-refractivity contribution in [3.05, 3.63) is 97.1 Å². The van der Waals surface area contributed by atoms with Gasteiger partial charge in [0.25, 0.3) is 0 Å². The van der Waals surface area contributed by atoms with E-state index in [9.17, 15) is 24.3 Å². The first-order valence-corrected chi connectivity index (χ1v) is 18.4. The number of esters is 1. The summed E-state index contributed by atoms with van der Waals surface area (Å²) < 4.78 is 11.2. The third-order valence-electron chi connectivity index (χ3n) is 9.38.